The number of hydrogen-bond donors (Lipinski definition) is 0. The molecule has 0 amide bonds. The molecule has 0 spiro atoms. The van der Waals surface area contributed by atoms with E-state index in [-0.39, 0.29) is 5.52 Å². The van der Waals surface area contributed by atoms with Crippen LogP contribution in [0.4, 0.5) is 13.2 Å². The van der Waals surface area contributed by atoms with Crippen molar-refractivity contribution >= 4 is 5.52 Å². The minimum absolute atomic E-state index is 0.0207. The Hall–Kier alpha value is -1.72. The van der Waals surface area contributed by atoms with Crippen LogP contribution in [0.5, 0.6) is 0 Å². The first-order valence-corrected chi connectivity index (χ1v) is 4.14. The van der Waals surface area contributed by atoms with Crippen molar-refractivity contribution in [3.05, 3.63) is 40.6 Å². The number of aryl methyl sites for hydroxylation is 1. The molecule has 2 aromatic heterocycles. The molecule has 0 fully saturated rings. The maximum Gasteiger partial charge on any atom is 0.417 e. The fourth-order valence-electron chi connectivity index (χ4n) is 1.35. The Morgan fingerprint density at radius 3 is 2.53 bits per heavy atom. The molecular formula is C9H7F3N2O. The van der Waals surface area contributed by atoms with E-state index in [0.717, 1.165) is 12.3 Å². The van der Waals surface area contributed by atoms with Crippen molar-refractivity contribution in [3.8, 4) is 0 Å². The molecule has 0 aliphatic heterocycles. The minimum Gasteiger partial charge on any atom is -0.317 e. The van der Waals surface area contributed by atoms with Crippen LogP contribution < -0.4 is 5.56 Å². The predicted octanol–water partition coefficient (Wildman–Crippen LogP) is 1.66. The molecule has 6 heteroatoms. The summed E-state index contributed by atoms with van der Waals surface area (Å²) in [7, 11) is 1.49. The van der Waals surface area contributed by atoms with Gasteiger partial charge in [-0.25, -0.2) is 0 Å². The van der Waals surface area contributed by atoms with E-state index in [1.54, 1.807) is 0 Å². The Morgan fingerprint density at radius 2 is 1.93 bits per heavy atom. The first kappa shape index (κ1) is 9.82. The largest absolute Gasteiger partial charge is 0.417 e. The lowest BCUT2D eigenvalue weighted by Gasteiger charge is -2.00. The number of alkyl halides is 3. The summed E-state index contributed by atoms with van der Waals surface area (Å²) >= 11 is 0. The third-order valence-electron chi connectivity index (χ3n) is 2.17. The summed E-state index contributed by atoms with van der Waals surface area (Å²) in [6, 6.07) is 0.850. The number of hydrogen-bond acceptors (Lipinski definition) is 1. The standard InChI is InChI=1S/C9H7F3N2O/c1-13-2-3-14-5-6(9(10,11)12)4-7(14)8(13)15/h2-5H,1H3. The van der Waals surface area contributed by atoms with Gasteiger partial charge in [-0.2, -0.15) is 13.2 Å². The molecule has 80 valence electrons. The van der Waals surface area contributed by atoms with Gasteiger partial charge in [0.05, 0.1) is 5.56 Å². The molecule has 0 aliphatic carbocycles. The maximum absolute atomic E-state index is 12.3. The van der Waals surface area contributed by atoms with Crippen LogP contribution in [0.3, 0.4) is 0 Å². The summed E-state index contributed by atoms with van der Waals surface area (Å²) in [6.45, 7) is 0. The topological polar surface area (TPSA) is 26.4 Å². The fraction of sp³-hybridized carbons (Fsp3) is 0.222. The van der Waals surface area contributed by atoms with Gasteiger partial charge in [0.25, 0.3) is 5.56 Å². The lowest BCUT2D eigenvalue weighted by Crippen LogP contribution is -2.17. The van der Waals surface area contributed by atoms with Gasteiger partial charge < -0.3 is 8.97 Å². The van der Waals surface area contributed by atoms with E-state index < -0.39 is 17.3 Å². The molecule has 0 aromatic carbocycles. The summed E-state index contributed by atoms with van der Waals surface area (Å²) in [4.78, 5) is 11.4. The third-order valence-corrected chi connectivity index (χ3v) is 2.17. The van der Waals surface area contributed by atoms with E-state index in [1.807, 2.05) is 0 Å². The minimum atomic E-state index is -4.42. The van der Waals surface area contributed by atoms with E-state index in [4.69, 9.17) is 0 Å². The van der Waals surface area contributed by atoms with Gasteiger partial charge in [0, 0.05) is 25.6 Å². The van der Waals surface area contributed by atoms with Crippen LogP contribution in [-0.2, 0) is 13.2 Å². The van der Waals surface area contributed by atoms with Crippen LogP contribution in [0, 0.1) is 0 Å². The van der Waals surface area contributed by atoms with Gasteiger partial charge in [0.1, 0.15) is 5.52 Å². The molecule has 2 aromatic rings. The number of fused-ring (bicyclic) bond motifs is 1. The van der Waals surface area contributed by atoms with E-state index in [0.29, 0.717) is 0 Å². The SMILES string of the molecule is Cn1ccn2cc(C(F)(F)F)cc2c1=O. The van der Waals surface area contributed by atoms with Gasteiger partial charge in [-0.15, -0.1) is 0 Å². The van der Waals surface area contributed by atoms with Crippen LogP contribution in [0.1, 0.15) is 5.56 Å². The van der Waals surface area contributed by atoms with E-state index in [9.17, 15) is 18.0 Å². The van der Waals surface area contributed by atoms with Crippen molar-refractivity contribution in [2.24, 2.45) is 7.05 Å². The van der Waals surface area contributed by atoms with Gasteiger partial charge in [-0.3, -0.25) is 4.79 Å². The van der Waals surface area contributed by atoms with Crippen LogP contribution in [0.15, 0.2) is 29.5 Å². The molecule has 0 atom stereocenters. The Labute approximate surface area is 82.4 Å². The van der Waals surface area contributed by atoms with E-state index in [2.05, 4.69) is 0 Å². The van der Waals surface area contributed by atoms with Crippen LogP contribution in [0.2, 0.25) is 0 Å². The highest BCUT2D eigenvalue weighted by Gasteiger charge is 2.32. The molecule has 0 radical (unpaired) electrons. The Kier molecular flexibility index (Phi) is 1.89. The fourth-order valence-corrected chi connectivity index (χ4v) is 1.35. The number of halogens is 3. The van der Waals surface area contributed by atoms with Crippen LogP contribution in [0.25, 0.3) is 5.52 Å². The second-order valence-electron chi connectivity index (χ2n) is 3.23. The second-order valence-corrected chi connectivity index (χ2v) is 3.23. The lowest BCUT2D eigenvalue weighted by atomic mass is 10.3. The summed E-state index contributed by atoms with van der Waals surface area (Å²) < 4.78 is 39.4. The van der Waals surface area contributed by atoms with E-state index in [1.165, 1.54) is 28.4 Å². The van der Waals surface area contributed by atoms with Crippen molar-refractivity contribution in [1.29, 1.82) is 0 Å². The predicted molar refractivity (Wildman–Crippen MR) is 47.6 cm³/mol. The molecule has 3 nitrogen and oxygen atoms in total. The summed E-state index contributed by atoms with van der Waals surface area (Å²) in [5.74, 6) is 0. The zero-order chi connectivity index (χ0) is 11.2. The zero-order valence-electron chi connectivity index (χ0n) is 7.75. The van der Waals surface area contributed by atoms with Gasteiger partial charge >= 0.3 is 6.18 Å². The summed E-state index contributed by atoms with van der Waals surface area (Å²) in [6.07, 6.45) is -0.699. The number of aromatic nitrogens is 2. The molecule has 0 saturated carbocycles. The summed E-state index contributed by atoms with van der Waals surface area (Å²) in [5.41, 5.74) is -1.24. The van der Waals surface area contributed by atoms with E-state index >= 15 is 0 Å². The highest BCUT2D eigenvalue weighted by Crippen LogP contribution is 2.29. The maximum atomic E-state index is 12.3. The molecule has 0 N–H and O–H groups in total. The van der Waals surface area contributed by atoms with Gasteiger partial charge in [0.2, 0.25) is 0 Å². The first-order valence-electron chi connectivity index (χ1n) is 4.14. The Balaban J connectivity index is 2.78. The molecule has 0 unspecified atom stereocenters. The quantitative estimate of drug-likeness (QED) is 0.657. The first-order chi connectivity index (χ1) is 6.89. The average molecular weight is 216 g/mol. The highest BCUT2D eigenvalue weighted by atomic mass is 19.4. The molecular weight excluding hydrogens is 209 g/mol. The molecule has 15 heavy (non-hydrogen) atoms. The molecule has 2 rings (SSSR count). The zero-order valence-corrected chi connectivity index (χ0v) is 7.75. The van der Waals surface area contributed by atoms with Crippen molar-refractivity contribution in [1.82, 2.24) is 8.97 Å². The Morgan fingerprint density at radius 1 is 1.27 bits per heavy atom. The molecule has 0 bridgehead atoms. The van der Waals surface area contributed by atoms with Gasteiger partial charge in [-0.1, -0.05) is 0 Å². The number of rotatable bonds is 0. The van der Waals surface area contributed by atoms with Gasteiger partial charge in [-0.05, 0) is 6.07 Å². The van der Waals surface area contributed by atoms with Crippen LogP contribution >= 0.6 is 0 Å². The average Bonchev–Trinajstić information content (AvgIpc) is 2.55. The Bertz CT molecular complexity index is 565. The third kappa shape index (κ3) is 1.51. The number of nitrogens with zero attached hydrogens (tertiary/aromatic N) is 2. The molecule has 0 aliphatic rings. The molecule has 2 heterocycles. The van der Waals surface area contributed by atoms with Gasteiger partial charge in [0.15, 0.2) is 0 Å². The van der Waals surface area contributed by atoms with Crippen molar-refractivity contribution < 1.29 is 13.2 Å². The monoisotopic (exact) mass is 216 g/mol. The lowest BCUT2D eigenvalue weighted by molar-refractivity contribution is -0.137. The summed E-state index contributed by atoms with van der Waals surface area (Å²) in [5, 5.41) is 0. The van der Waals surface area contributed by atoms with Crippen molar-refractivity contribution in [3.63, 3.8) is 0 Å². The normalized spacial score (nSPS) is 12.3. The van der Waals surface area contributed by atoms with Crippen molar-refractivity contribution in [2.45, 2.75) is 6.18 Å². The smallest absolute Gasteiger partial charge is 0.317 e. The van der Waals surface area contributed by atoms with Crippen LogP contribution in [-0.4, -0.2) is 8.97 Å². The highest BCUT2D eigenvalue weighted by molar-refractivity contribution is 5.49. The van der Waals surface area contributed by atoms with Crippen molar-refractivity contribution in [2.75, 3.05) is 0 Å². The molecule has 0 saturated heterocycles. The second kappa shape index (κ2) is 2.88.